The van der Waals surface area contributed by atoms with Crippen LogP contribution in [0.4, 0.5) is 5.69 Å². The fourth-order valence-electron chi connectivity index (χ4n) is 1.64. The zero-order valence-electron chi connectivity index (χ0n) is 8.24. The topological polar surface area (TPSA) is 34.7 Å². The Balaban J connectivity index is 0.000000845. The van der Waals surface area contributed by atoms with E-state index in [1.54, 1.807) is 0 Å². The second-order valence-corrected chi connectivity index (χ2v) is 3.21. The van der Waals surface area contributed by atoms with Gasteiger partial charge in [0.15, 0.2) is 0 Å². The van der Waals surface area contributed by atoms with Crippen LogP contribution in [0.3, 0.4) is 0 Å². The Bertz CT molecular complexity index is 234. The third-order valence-corrected chi connectivity index (χ3v) is 2.31. The van der Waals surface area contributed by atoms with Gasteiger partial charge in [-0.15, -0.1) is 6.54 Å². The molecule has 0 spiro atoms. The van der Waals surface area contributed by atoms with Gasteiger partial charge in [-0.1, -0.05) is 24.6 Å². The molecule has 1 aliphatic rings. The number of anilines is 1. The normalized spacial score (nSPS) is 15.3. The molecule has 1 saturated heterocycles. The molecular formula is C11H16NOU-. The Hall–Kier alpha value is 0.0319. The van der Waals surface area contributed by atoms with Gasteiger partial charge < -0.3 is 16.8 Å². The molecule has 3 heteroatoms. The number of piperidine rings is 1. The van der Waals surface area contributed by atoms with Crippen LogP contribution in [0.15, 0.2) is 30.3 Å². The van der Waals surface area contributed by atoms with E-state index in [9.17, 15) is 0 Å². The molecule has 1 aliphatic heterocycles. The van der Waals surface area contributed by atoms with Gasteiger partial charge >= 0.3 is 0 Å². The first-order chi connectivity index (χ1) is 5.97. The summed E-state index contributed by atoms with van der Waals surface area (Å²) in [6.45, 7) is 2.32. The fraction of sp³-hybridized carbons (Fsp3) is 0.364. The van der Waals surface area contributed by atoms with Gasteiger partial charge in [-0.05, 0) is 12.1 Å². The van der Waals surface area contributed by atoms with Crippen LogP contribution in [-0.4, -0.2) is 18.6 Å². The smallest absolute Gasteiger partial charge is 0.0341 e. The Morgan fingerprint density at radius 1 is 1.14 bits per heavy atom. The Kier molecular flexibility index (Phi) is 7.36. The quantitative estimate of drug-likeness (QED) is 0.642. The third-order valence-electron chi connectivity index (χ3n) is 2.31. The SMILES string of the molecule is O.[U].c1ccc(N2C[CH-]CCC2)cc1. The third kappa shape index (κ3) is 3.65. The molecule has 0 saturated carbocycles. The standard InChI is InChI=1S/C11H14N.H2O.U/c1-3-7-11(8-4-1)12-9-5-2-6-10-12;;/h1,3-5,7-8H,2,6,9-10H2;1H2;/q-1;;. The van der Waals surface area contributed by atoms with Crippen LogP contribution in [0, 0.1) is 37.5 Å². The fourth-order valence-corrected chi connectivity index (χ4v) is 1.64. The van der Waals surface area contributed by atoms with Crippen LogP contribution in [0.1, 0.15) is 12.8 Å². The molecule has 2 nitrogen and oxygen atoms in total. The summed E-state index contributed by atoms with van der Waals surface area (Å²) in [5.74, 6) is 0. The van der Waals surface area contributed by atoms with Gasteiger partial charge in [-0.25, -0.2) is 0 Å². The monoisotopic (exact) mass is 416 g/mol. The van der Waals surface area contributed by atoms with Crippen molar-refractivity contribution in [1.82, 2.24) is 0 Å². The maximum absolute atomic E-state index is 2.42. The van der Waals surface area contributed by atoms with Crippen molar-refractivity contribution in [3.8, 4) is 0 Å². The number of hydrogen-bond donors (Lipinski definition) is 0. The molecule has 1 heterocycles. The molecule has 0 aliphatic carbocycles. The molecule has 1 aromatic carbocycles. The molecule has 0 bridgehead atoms. The summed E-state index contributed by atoms with van der Waals surface area (Å²) >= 11 is 0. The van der Waals surface area contributed by atoms with Crippen LogP contribution in [0.25, 0.3) is 0 Å². The average Bonchev–Trinajstić information content (AvgIpc) is 2.21. The zero-order valence-corrected chi connectivity index (χ0v) is 12.4. The van der Waals surface area contributed by atoms with Crippen molar-refractivity contribution in [2.75, 3.05) is 18.0 Å². The van der Waals surface area contributed by atoms with Gasteiger partial charge in [0.1, 0.15) is 0 Å². The minimum absolute atomic E-state index is 0. The Morgan fingerprint density at radius 3 is 2.43 bits per heavy atom. The van der Waals surface area contributed by atoms with E-state index in [1.807, 2.05) is 0 Å². The van der Waals surface area contributed by atoms with E-state index in [1.165, 1.54) is 25.1 Å². The summed E-state index contributed by atoms with van der Waals surface area (Å²) in [5.41, 5.74) is 1.36. The molecular weight excluding hydrogens is 400 g/mol. The van der Waals surface area contributed by atoms with Crippen molar-refractivity contribution < 1.29 is 36.6 Å². The summed E-state index contributed by atoms with van der Waals surface area (Å²) in [7, 11) is 0. The van der Waals surface area contributed by atoms with Gasteiger partial charge in [0.25, 0.3) is 0 Å². The van der Waals surface area contributed by atoms with Gasteiger partial charge in [0.05, 0.1) is 0 Å². The first-order valence-electron chi connectivity index (χ1n) is 4.58. The van der Waals surface area contributed by atoms with Gasteiger partial charge in [0.2, 0.25) is 0 Å². The second kappa shape index (κ2) is 7.34. The van der Waals surface area contributed by atoms with E-state index >= 15 is 0 Å². The number of benzene rings is 1. The van der Waals surface area contributed by atoms with E-state index in [0.717, 1.165) is 6.54 Å². The zero-order chi connectivity index (χ0) is 8.23. The van der Waals surface area contributed by atoms with Crippen molar-refractivity contribution in [1.29, 1.82) is 0 Å². The number of nitrogens with zero attached hydrogens (tertiary/aromatic N) is 1. The minimum atomic E-state index is 0. The molecule has 0 atom stereocenters. The van der Waals surface area contributed by atoms with E-state index in [4.69, 9.17) is 0 Å². The maximum Gasteiger partial charge on any atom is 0.0341 e. The first kappa shape index (κ1) is 14.0. The molecule has 0 amide bonds. The summed E-state index contributed by atoms with van der Waals surface area (Å²) in [5, 5.41) is 0. The van der Waals surface area contributed by atoms with E-state index in [0.29, 0.717) is 0 Å². The minimum Gasteiger partial charge on any atom is -0.412 e. The van der Waals surface area contributed by atoms with Gasteiger partial charge in [-0.2, -0.15) is 6.42 Å². The first-order valence-corrected chi connectivity index (χ1v) is 4.58. The van der Waals surface area contributed by atoms with Gasteiger partial charge in [-0.3, -0.25) is 0 Å². The summed E-state index contributed by atoms with van der Waals surface area (Å²) in [6, 6.07) is 10.6. The molecule has 0 radical (unpaired) electrons. The van der Waals surface area contributed by atoms with Crippen molar-refractivity contribution in [2.45, 2.75) is 12.8 Å². The summed E-state index contributed by atoms with van der Waals surface area (Å²) in [4.78, 5) is 2.42. The Labute approximate surface area is 109 Å². The average molecular weight is 416 g/mol. The summed E-state index contributed by atoms with van der Waals surface area (Å²) < 4.78 is 0. The number of hydrogen-bond acceptors (Lipinski definition) is 1. The number of para-hydroxylation sites is 1. The van der Waals surface area contributed by atoms with E-state index < -0.39 is 0 Å². The van der Waals surface area contributed by atoms with Crippen LogP contribution in [0.5, 0.6) is 0 Å². The second-order valence-electron chi connectivity index (χ2n) is 3.21. The predicted molar refractivity (Wildman–Crippen MR) is 55.8 cm³/mol. The largest absolute Gasteiger partial charge is 0.412 e. The van der Waals surface area contributed by atoms with E-state index in [-0.39, 0.29) is 36.6 Å². The molecule has 76 valence electrons. The molecule has 2 rings (SSSR count). The molecule has 1 aromatic rings. The molecule has 2 N–H and O–H groups in total. The van der Waals surface area contributed by atoms with Crippen molar-refractivity contribution in [3.63, 3.8) is 0 Å². The number of rotatable bonds is 1. The maximum atomic E-state index is 2.42. The molecule has 0 unspecified atom stereocenters. The van der Waals surface area contributed by atoms with Crippen LogP contribution in [-0.2, 0) is 0 Å². The van der Waals surface area contributed by atoms with Crippen molar-refractivity contribution >= 4 is 5.69 Å². The van der Waals surface area contributed by atoms with E-state index in [2.05, 4.69) is 41.7 Å². The predicted octanol–water partition coefficient (Wildman–Crippen LogP) is 1.67. The Morgan fingerprint density at radius 2 is 1.86 bits per heavy atom. The van der Waals surface area contributed by atoms with Crippen LogP contribution >= 0.6 is 0 Å². The van der Waals surface area contributed by atoms with Crippen LogP contribution < -0.4 is 4.90 Å². The molecule has 14 heavy (non-hydrogen) atoms. The van der Waals surface area contributed by atoms with Gasteiger partial charge in [0, 0.05) is 43.3 Å². The van der Waals surface area contributed by atoms with Crippen molar-refractivity contribution in [2.24, 2.45) is 0 Å². The van der Waals surface area contributed by atoms with Crippen LogP contribution in [0.2, 0.25) is 0 Å². The summed E-state index contributed by atoms with van der Waals surface area (Å²) in [6.07, 6.45) is 4.94. The molecule has 0 aromatic heterocycles. The van der Waals surface area contributed by atoms with Crippen molar-refractivity contribution in [3.05, 3.63) is 36.8 Å². The molecule has 1 fully saturated rings.